The first-order valence-electron chi connectivity index (χ1n) is 8.42. The number of carbonyl (C=O) groups is 1. The monoisotopic (exact) mass is 389 g/mol. The molecule has 0 atom stereocenters. The number of hydrogen-bond donors (Lipinski definition) is 1. The third-order valence-corrected chi connectivity index (χ3v) is 4.23. The maximum atomic E-state index is 13.3. The minimum Gasteiger partial charge on any atom is -0.497 e. The Bertz CT molecular complexity index is 996. The second-order valence-corrected chi connectivity index (χ2v) is 6.19. The molecule has 0 aliphatic heterocycles. The highest BCUT2D eigenvalue weighted by Gasteiger charge is 2.33. The van der Waals surface area contributed by atoms with Crippen molar-refractivity contribution >= 4 is 11.7 Å². The number of benzene rings is 2. The second kappa shape index (κ2) is 7.75. The van der Waals surface area contributed by atoms with E-state index in [9.17, 15) is 18.0 Å². The van der Waals surface area contributed by atoms with Crippen LogP contribution in [-0.2, 0) is 12.7 Å². The average Bonchev–Trinajstić information content (AvgIpc) is 3.08. The van der Waals surface area contributed by atoms with E-state index in [-0.39, 0.29) is 29.6 Å². The fourth-order valence-corrected chi connectivity index (χ4v) is 2.79. The topological polar surface area (TPSA) is 56.1 Å². The molecule has 1 N–H and O–H groups in total. The minimum atomic E-state index is -4.51. The molecule has 146 valence electrons. The van der Waals surface area contributed by atoms with Gasteiger partial charge in [-0.3, -0.25) is 9.48 Å². The van der Waals surface area contributed by atoms with Gasteiger partial charge in [0.25, 0.3) is 5.91 Å². The summed E-state index contributed by atoms with van der Waals surface area (Å²) in [6, 6.07) is 12.4. The van der Waals surface area contributed by atoms with Crippen molar-refractivity contribution < 1.29 is 22.7 Å². The molecule has 1 aromatic heterocycles. The van der Waals surface area contributed by atoms with E-state index in [1.165, 1.54) is 36.2 Å². The number of aryl methyl sites for hydroxylation is 1. The molecular weight excluding hydrogens is 371 g/mol. The van der Waals surface area contributed by atoms with Crippen molar-refractivity contribution in [1.82, 2.24) is 9.78 Å². The van der Waals surface area contributed by atoms with Gasteiger partial charge < -0.3 is 10.1 Å². The van der Waals surface area contributed by atoms with E-state index >= 15 is 0 Å². The van der Waals surface area contributed by atoms with Gasteiger partial charge >= 0.3 is 6.18 Å². The van der Waals surface area contributed by atoms with Crippen LogP contribution in [0.1, 0.15) is 27.0 Å². The number of methoxy groups -OCH3 is 1. The summed E-state index contributed by atoms with van der Waals surface area (Å²) in [5.74, 6) is 0.0572. The van der Waals surface area contributed by atoms with Crippen LogP contribution in [0.4, 0.5) is 19.0 Å². The highest BCUT2D eigenvalue weighted by Crippen LogP contribution is 2.34. The molecule has 0 aliphatic carbocycles. The number of halogens is 3. The van der Waals surface area contributed by atoms with E-state index in [0.717, 1.165) is 11.6 Å². The quantitative estimate of drug-likeness (QED) is 0.698. The summed E-state index contributed by atoms with van der Waals surface area (Å²) in [5.41, 5.74) is 0.583. The lowest BCUT2D eigenvalue weighted by Gasteiger charge is -2.14. The van der Waals surface area contributed by atoms with Crippen molar-refractivity contribution in [1.29, 1.82) is 0 Å². The Kier molecular flexibility index (Phi) is 5.39. The molecule has 0 fully saturated rings. The van der Waals surface area contributed by atoms with Crippen LogP contribution in [0.5, 0.6) is 5.75 Å². The first-order chi connectivity index (χ1) is 13.3. The summed E-state index contributed by atoms with van der Waals surface area (Å²) >= 11 is 0. The third-order valence-electron chi connectivity index (χ3n) is 4.23. The van der Waals surface area contributed by atoms with E-state index in [2.05, 4.69) is 10.4 Å². The van der Waals surface area contributed by atoms with E-state index in [1.807, 2.05) is 19.1 Å². The standard InChI is InChI=1S/C20H18F3N3O2/c1-13-5-3-4-6-16(13)19(27)24-18-9-10-26(25-18)12-14-7-8-15(28-2)11-17(14)20(21,22)23/h3-11H,12H2,1-2H3,(H,24,25,27). The smallest absolute Gasteiger partial charge is 0.416 e. The highest BCUT2D eigenvalue weighted by molar-refractivity contribution is 6.04. The summed E-state index contributed by atoms with van der Waals surface area (Å²) in [4.78, 5) is 12.3. The lowest BCUT2D eigenvalue weighted by atomic mass is 10.1. The van der Waals surface area contributed by atoms with Gasteiger partial charge in [-0.1, -0.05) is 24.3 Å². The van der Waals surface area contributed by atoms with Gasteiger partial charge in [-0.2, -0.15) is 18.3 Å². The molecule has 1 amide bonds. The van der Waals surface area contributed by atoms with Gasteiger partial charge in [0.15, 0.2) is 5.82 Å². The fourth-order valence-electron chi connectivity index (χ4n) is 2.79. The molecule has 0 saturated carbocycles. The van der Waals surface area contributed by atoms with Gasteiger partial charge in [-0.25, -0.2) is 0 Å². The van der Waals surface area contributed by atoms with Crippen LogP contribution in [0.3, 0.4) is 0 Å². The Morgan fingerprint density at radius 3 is 2.61 bits per heavy atom. The normalized spacial score (nSPS) is 11.3. The third kappa shape index (κ3) is 4.33. The summed E-state index contributed by atoms with van der Waals surface area (Å²) < 4.78 is 46.2. The Hall–Kier alpha value is -3.29. The van der Waals surface area contributed by atoms with Crippen LogP contribution in [-0.4, -0.2) is 22.8 Å². The van der Waals surface area contributed by atoms with E-state index in [1.54, 1.807) is 12.1 Å². The molecule has 2 aromatic carbocycles. The van der Waals surface area contributed by atoms with Crippen molar-refractivity contribution in [3.05, 3.63) is 77.0 Å². The number of ether oxygens (including phenoxy) is 1. The minimum absolute atomic E-state index is 0.0492. The van der Waals surface area contributed by atoms with Crippen molar-refractivity contribution in [3.8, 4) is 5.75 Å². The summed E-state index contributed by atoms with van der Waals surface area (Å²) in [6.07, 6.45) is -3.00. The maximum Gasteiger partial charge on any atom is 0.416 e. The van der Waals surface area contributed by atoms with Gasteiger partial charge in [0, 0.05) is 17.8 Å². The zero-order valence-electron chi connectivity index (χ0n) is 15.2. The molecule has 1 heterocycles. The highest BCUT2D eigenvalue weighted by atomic mass is 19.4. The largest absolute Gasteiger partial charge is 0.497 e. The van der Waals surface area contributed by atoms with Crippen LogP contribution < -0.4 is 10.1 Å². The number of alkyl halides is 3. The van der Waals surface area contributed by atoms with Gasteiger partial charge in [-0.15, -0.1) is 0 Å². The molecule has 3 rings (SSSR count). The Balaban J connectivity index is 1.78. The number of nitrogens with one attached hydrogen (secondary N) is 1. The van der Waals surface area contributed by atoms with Crippen LogP contribution >= 0.6 is 0 Å². The van der Waals surface area contributed by atoms with Crippen LogP contribution in [0.25, 0.3) is 0 Å². The Morgan fingerprint density at radius 2 is 1.93 bits per heavy atom. The molecule has 8 heteroatoms. The summed E-state index contributed by atoms with van der Waals surface area (Å²) in [5, 5.41) is 6.81. The molecule has 28 heavy (non-hydrogen) atoms. The lowest BCUT2D eigenvalue weighted by Crippen LogP contribution is -2.15. The van der Waals surface area contributed by atoms with E-state index in [4.69, 9.17) is 4.74 Å². The predicted octanol–water partition coefficient (Wildman–Crippen LogP) is 4.52. The van der Waals surface area contributed by atoms with Crippen LogP contribution in [0.2, 0.25) is 0 Å². The molecule has 5 nitrogen and oxygen atoms in total. The van der Waals surface area contributed by atoms with Crippen LogP contribution in [0, 0.1) is 6.92 Å². The first-order valence-corrected chi connectivity index (χ1v) is 8.42. The van der Waals surface area contributed by atoms with Gasteiger partial charge in [0.2, 0.25) is 0 Å². The van der Waals surface area contributed by atoms with Crippen molar-refractivity contribution in [2.45, 2.75) is 19.6 Å². The maximum absolute atomic E-state index is 13.3. The summed E-state index contributed by atoms with van der Waals surface area (Å²) in [6.45, 7) is 1.72. The first kappa shape index (κ1) is 19.5. The van der Waals surface area contributed by atoms with Crippen molar-refractivity contribution in [2.24, 2.45) is 0 Å². The number of anilines is 1. The van der Waals surface area contributed by atoms with E-state index < -0.39 is 11.7 Å². The number of aromatic nitrogens is 2. The molecule has 0 spiro atoms. The Morgan fingerprint density at radius 1 is 1.18 bits per heavy atom. The van der Waals surface area contributed by atoms with Gasteiger partial charge in [0.1, 0.15) is 5.75 Å². The SMILES string of the molecule is COc1ccc(Cn2ccc(NC(=O)c3ccccc3C)n2)c(C(F)(F)F)c1. The fraction of sp³-hybridized carbons (Fsp3) is 0.200. The zero-order chi connectivity index (χ0) is 20.3. The van der Waals surface area contributed by atoms with E-state index in [0.29, 0.717) is 5.56 Å². The Labute approximate surface area is 159 Å². The predicted molar refractivity (Wildman–Crippen MR) is 98.5 cm³/mol. The van der Waals surface area contributed by atoms with Crippen molar-refractivity contribution in [2.75, 3.05) is 12.4 Å². The molecule has 0 saturated heterocycles. The number of rotatable bonds is 5. The second-order valence-electron chi connectivity index (χ2n) is 6.19. The van der Waals surface area contributed by atoms with Crippen molar-refractivity contribution in [3.63, 3.8) is 0 Å². The number of amides is 1. The van der Waals surface area contributed by atoms with Gasteiger partial charge in [0.05, 0.1) is 19.2 Å². The summed E-state index contributed by atoms with van der Waals surface area (Å²) in [7, 11) is 1.31. The molecule has 3 aromatic rings. The molecular formula is C20H18F3N3O2. The number of carbonyl (C=O) groups excluding carboxylic acids is 1. The lowest BCUT2D eigenvalue weighted by molar-refractivity contribution is -0.138. The molecule has 0 unspecified atom stereocenters. The zero-order valence-corrected chi connectivity index (χ0v) is 15.2. The molecule has 0 bridgehead atoms. The molecule has 0 radical (unpaired) electrons. The molecule has 0 aliphatic rings. The number of hydrogen-bond acceptors (Lipinski definition) is 3. The van der Waals surface area contributed by atoms with Gasteiger partial charge in [-0.05, 0) is 36.2 Å². The number of nitrogens with zero attached hydrogens (tertiary/aromatic N) is 2. The average molecular weight is 389 g/mol. The van der Waals surface area contributed by atoms with Crippen LogP contribution in [0.15, 0.2) is 54.7 Å².